The Kier molecular flexibility index (Phi) is 6.94. The molecular weight excluding hydrogens is 388 g/mol. The molecular formula is C21H28N4O5. The zero-order valence-electron chi connectivity index (χ0n) is 17.6. The van der Waals surface area contributed by atoms with Gasteiger partial charge in [-0.1, -0.05) is 12.1 Å². The molecule has 0 unspecified atom stereocenters. The van der Waals surface area contributed by atoms with Crippen molar-refractivity contribution in [3.05, 3.63) is 41.1 Å². The van der Waals surface area contributed by atoms with Gasteiger partial charge < -0.3 is 25.0 Å². The molecule has 0 spiro atoms. The molecule has 30 heavy (non-hydrogen) atoms. The number of methoxy groups -OCH3 is 1. The predicted octanol–water partition coefficient (Wildman–Crippen LogP) is 1.03. The fourth-order valence-corrected chi connectivity index (χ4v) is 3.71. The summed E-state index contributed by atoms with van der Waals surface area (Å²) in [5.41, 5.74) is 1.64. The Labute approximate surface area is 176 Å². The number of nitrogens with one attached hydrogen (secondary N) is 2. The minimum atomic E-state index is -0.629. The van der Waals surface area contributed by atoms with Gasteiger partial charge in [-0.2, -0.15) is 0 Å². The van der Waals surface area contributed by atoms with E-state index in [0.29, 0.717) is 56.4 Å². The van der Waals surface area contributed by atoms with Gasteiger partial charge in [0.25, 0.3) is 0 Å². The fourth-order valence-electron chi connectivity index (χ4n) is 3.71. The molecule has 1 fully saturated rings. The highest BCUT2D eigenvalue weighted by Gasteiger charge is 2.34. The minimum Gasteiger partial charge on any atom is -0.494 e. The van der Waals surface area contributed by atoms with Gasteiger partial charge in [-0.15, -0.1) is 0 Å². The van der Waals surface area contributed by atoms with E-state index in [1.807, 2.05) is 31.2 Å². The molecule has 2 aliphatic rings. The summed E-state index contributed by atoms with van der Waals surface area (Å²) >= 11 is 0. The molecule has 2 aliphatic heterocycles. The average molecular weight is 416 g/mol. The summed E-state index contributed by atoms with van der Waals surface area (Å²) < 4.78 is 10.5. The number of urea groups is 1. The van der Waals surface area contributed by atoms with Crippen molar-refractivity contribution in [1.82, 2.24) is 20.4 Å². The summed E-state index contributed by atoms with van der Waals surface area (Å²) in [6.45, 7) is 6.96. The number of hydrogen-bond acceptors (Lipinski definition) is 6. The topological polar surface area (TPSA) is 100 Å². The van der Waals surface area contributed by atoms with Gasteiger partial charge in [0.2, 0.25) is 5.91 Å². The summed E-state index contributed by atoms with van der Waals surface area (Å²) in [6, 6.07) is 6.26. The van der Waals surface area contributed by atoms with Crippen molar-refractivity contribution in [3.8, 4) is 5.75 Å². The number of piperazine rings is 1. The van der Waals surface area contributed by atoms with Gasteiger partial charge in [-0.3, -0.25) is 9.69 Å². The Morgan fingerprint density at radius 3 is 2.37 bits per heavy atom. The molecule has 0 aliphatic carbocycles. The number of carbonyl (C=O) groups excluding carboxylic acids is 3. The van der Waals surface area contributed by atoms with Crippen LogP contribution in [0, 0.1) is 0 Å². The van der Waals surface area contributed by atoms with E-state index in [1.54, 1.807) is 11.8 Å². The van der Waals surface area contributed by atoms with Crippen molar-refractivity contribution < 1.29 is 23.9 Å². The van der Waals surface area contributed by atoms with E-state index >= 15 is 0 Å². The lowest BCUT2D eigenvalue weighted by molar-refractivity contribution is -0.136. The first kappa shape index (κ1) is 21.6. The highest BCUT2D eigenvalue weighted by molar-refractivity contribution is 5.95. The molecule has 1 aromatic carbocycles. The van der Waals surface area contributed by atoms with Crippen LogP contribution >= 0.6 is 0 Å². The standard InChI is InChI=1S/C21H28N4O5/c1-4-30-16-7-5-15(6-8-16)19-18(20(27)29-3)17(22-21(28)23-19)13-24-9-11-25(12-10-24)14(2)26/h5-8,19H,4,9-13H2,1-3H3,(H2,22,23,28)/t19-/m0/s1. The molecule has 1 aromatic rings. The van der Waals surface area contributed by atoms with Crippen LogP contribution in [0.2, 0.25) is 0 Å². The van der Waals surface area contributed by atoms with E-state index in [9.17, 15) is 14.4 Å². The van der Waals surface area contributed by atoms with Crippen LogP contribution in [-0.2, 0) is 14.3 Å². The fraction of sp³-hybridized carbons (Fsp3) is 0.476. The summed E-state index contributed by atoms with van der Waals surface area (Å²) in [4.78, 5) is 40.5. The lowest BCUT2D eigenvalue weighted by atomic mass is 9.95. The van der Waals surface area contributed by atoms with E-state index in [0.717, 1.165) is 5.56 Å². The SMILES string of the molecule is CCOc1ccc([C@@H]2NC(=O)NC(CN3CCN(C(C)=O)CC3)=C2C(=O)OC)cc1. The first-order valence-corrected chi connectivity index (χ1v) is 10.0. The summed E-state index contributed by atoms with van der Waals surface area (Å²) in [7, 11) is 1.32. The summed E-state index contributed by atoms with van der Waals surface area (Å²) in [5, 5.41) is 5.59. The Morgan fingerprint density at radius 1 is 1.13 bits per heavy atom. The zero-order valence-corrected chi connectivity index (χ0v) is 17.6. The van der Waals surface area contributed by atoms with Crippen molar-refractivity contribution in [3.63, 3.8) is 0 Å². The summed E-state index contributed by atoms with van der Waals surface area (Å²) in [6.07, 6.45) is 0. The minimum absolute atomic E-state index is 0.0508. The predicted molar refractivity (Wildman–Crippen MR) is 110 cm³/mol. The molecule has 0 saturated carbocycles. The van der Waals surface area contributed by atoms with E-state index in [1.165, 1.54) is 7.11 Å². The van der Waals surface area contributed by atoms with Gasteiger partial charge in [-0.05, 0) is 24.6 Å². The van der Waals surface area contributed by atoms with Crippen LogP contribution < -0.4 is 15.4 Å². The molecule has 0 bridgehead atoms. The number of nitrogens with zero attached hydrogens (tertiary/aromatic N) is 2. The van der Waals surface area contributed by atoms with Gasteiger partial charge in [0, 0.05) is 45.3 Å². The molecule has 1 atom stereocenters. The number of ether oxygens (including phenoxy) is 2. The number of carbonyl (C=O) groups is 3. The molecule has 0 radical (unpaired) electrons. The zero-order chi connectivity index (χ0) is 21.7. The Balaban J connectivity index is 1.86. The van der Waals surface area contributed by atoms with E-state index < -0.39 is 12.0 Å². The Hall–Kier alpha value is -3.07. The van der Waals surface area contributed by atoms with Crippen LogP contribution in [0.25, 0.3) is 0 Å². The Bertz CT molecular complexity index is 828. The third-order valence-electron chi connectivity index (χ3n) is 5.28. The molecule has 9 heteroatoms. The quantitative estimate of drug-likeness (QED) is 0.672. The van der Waals surface area contributed by atoms with E-state index in [-0.39, 0.29) is 11.9 Å². The molecule has 162 valence electrons. The summed E-state index contributed by atoms with van der Waals surface area (Å²) in [5.74, 6) is 0.266. The second-order valence-corrected chi connectivity index (χ2v) is 7.20. The third kappa shape index (κ3) is 4.91. The Morgan fingerprint density at radius 2 is 1.80 bits per heavy atom. The van der Waals surface area contributed by atoms with Crippen LogP contribution in [-0.4, -0.2) is 74.1 Å². The van der Waals surface area contributed by atoms with Gasteiger partial charge in [0.1, 0.15) is 5.75 Å². The highest BCUT2D eigenvalue weighted by Crippen LogP contribution is 2.29. The number of esters is 1. The average Bonchev–Trinajstić information content (AvgIpc) is 2.74. The molecule has 9 nitrogen and oxygen atoms in total. The monoisotopic (exact) mass is 416 g/mol. The molecule has 3 amide bonds. The maximum Gasteiger partial charge on any atom is 0.338 e. The normalized spacial score (nSPS) is 19.8. The number of hydrogen-bond donors (Lipinski definition) is 2. The van der Waals surface area contributed by atoms with Crippen molar-refractivity contribution in [2.24, 2.45) is 0 Å². The number of amides is 3. The number of rotatable bonds is 6. The van der Waals surface area contributed by atoms with Crippen molar-refractivity contribution in [1.29, 1.82) is 0 Å². The van der Waals surface area contributed by atoms with Gasteiger partial charge in [-0.25, -0.2) is 9.59 Å². The lowest BCUT2D eigenvalue weighted by Gasteiger charge is -2.36. The molecule has 2 N–H and O–H groups in total. The third-order valence-corrected chi connectivity index (χ3v) is 5.28. The van der Waals surface area contributed by atoms with E-state index in [4.69, 9.17) is 9.47 Å². The van der Waals surface area contributed by atoms with Crippen LogP contribution in [0.15, 0.2) is 35.5 Å². The van der Waals surface area contributed by atoms with Crippen LogP contribution in [0.4, 0.5) is 4.79 Å². The highest BCUT2D eigenvalue weighted by atomic mass is 16.5. The second kappa shape index (κ2) is 9.62. The number of benzene rings is 1. The first-order valence-electron chi connectivity index (χ1n) is 10.0. The molecule has 1 saturated heterocycles. The van der Waals surface area contributed by atoms with Gasteiger partial charge >= 0.3 is 12.0 Å². The van der Waals surface area contributed by atoms with Crippen molar-refractivity contribution in [2.45, 2.75) is 19.9 Å². The van der Waals surface area contributed by atoms with Crippen LogP contribution in [0.3, 0.4) is 0 Å². The second-order valence-electron chi connectivity index (χ2n) is 7.20. The van der Waals surface area contributed by atoms with Crippen molar-refractivity contribution >= 4 is 17.9 Å². The van der Waals surface area contributed by atoms with Crippen LogP contribution in [0.5, 0.6) is 5.75 Å². The lowest BCUT2D eigenvalue weighted by Crippen LogP contribution is -2.52. The maximum absolute atomic E-state index is 12.7. The van der Waals surface area contributed by atoms with Crippen molar-refractivity contribution in [2.75, 3.05) is 46.4 Å². The maximum atomic E-state index is 12.7. The van der Waals surface area contributed by atoms with Gasteiger partial charge in [0.05, 0.1) is 25.3 Å². The largest absolute Gasteiger partial charge is 0.494 e. The van der Waals surface area contributed by atoms with Crippen LogP contribution in [0.1, 0.15) is 25.5 Å². The molecule has 0 aromatic heterocycles. The molecule has 2 heterocycles. The smallest absolute Gasteiger partial charge is 0.338 e. The van der Waals surface area contributed by atoms with Gasteiger partial charge in [0.15, 0.2) is 0 Å². The van der Waals surface area contributed by atoms with E-state index in [2.05, 4.69) is 15.5 Å². The molecule has 3 rings (SSSR count). The first-order chi connectivity index (χ1) is 14.4.